The van der Waals surface area contributed by atoms with Crippen LogP contribution in [0.25, 0.3) is 0 Å². The SMILES string of the molecule is CC1CN(CC2(C)CCNC2)CC(=O)N1C.Cl. The van der Waals surface area contributed by atoms with Gasteiger partial charge < -0.3 is 10.2 Å². The second kappa shape index (κ2) is 5.55. The van der Waals surface area contributed by atoms with E-state index in [9.17, 15) is 4.79 Å². The summed E-state index contributed by atoms with van der Waals surface area (Å²) in [6.07, 6.45) is 1.22. The van der Waals surface area contributed by atoms with Crippen LogP contribution in [-0.2, 0) is 4.79 Å². The normalized spacial score (nSPS) is 34.9. The Hall–Kier alpha value is -0.320. The first-order valence-electron chi connectivity index (χ1n) is 6.19. The zero-order chi connectivity index (χ0) is 11.8. The lowest BCUT2D eigenvalue weighted by molar-refractivity contribution is -0.137. The molecule has 0 aromatic carbocycles. The van der Waals surface area contributed by atoms with Crippen LogP contribution in [0, 0.1) is 5.41 Å². The topological polar surface area (TPSA) is 35.6 Å². The Labute approximate surface area is 110 Å². The summed E-state index contributed by atoms with van der Waals surface area (Å²) in [7, 11) is 1.91. The lowest BCUT2D eigenvalue weighted by Gasteiger charge is -2.40. The van der Waals surface area contributed by atoms with Crippen LogP contribution in [-0.4, -0.2) is 61.5 Å². The van der Waals surface area contributed by atoms with Crippen LogP contribution in [0.4, 0.5) is 0 Å². The number of rotatable bonds is 2. The third-order valence-corrected chi connectivity index (χ3v) is 4.00. The molecule has 0 radical (unpaired) electrons. The average molecular weight is 262 g/mol. The summed E-state index contributed by atoms with van der Waals surface area (Å²) in [5.41, 5.74) is 0.357. The smallest absolute Gasteiger partial charge is 0.236 e. The van der Waals surface area contributed by atoms with E-state index in [0.717, 1.165) is 26.2 Å². The average Bonchev–Trinajstić information content (AvgIpc) is 2.61. The molecule has 2 heterocycles. The van der Waals surface area contributed by atoms with Crippen molar-refractivity contribution in [3.8, 4) is 0 Å². The maximum atomic E-state index is 11.8. The zero-order valence-corrected chi connectivity index (χ0v) is 11.8. The van der Waals surface area contributed by atoms with Crippen LogP contribution in [0.3, 0.4) is 0 Å². The van der Waals surface area contributed by atoms with E-state index in [1.54, 1.807) is 0 Å². The second-order valence-corrected chi connectivity index (χ2v) is 5.76. The van der Waals surface area contributed by atoms with Crippen molar-refractivity contribution in [2.75, 3.05) is 39.8 Å². The van der Waals surface area contributed by atoms with Gasteiger partial charge in [0.15, 0.2) is 0 Å². The van der Waals surface area contributed by atoms with Gasteiger partial charge in [0.25, 0.3) is 0 Å². The van der Waals surface area contributed by atoms with Crippen molar-refractivity contribution < 1.29 is 4.79 Å². The molecule has 5 heteroatoms. The van der Waals surface area contributed by atoms with E-state index in [1.807, 2.05) is 11.9 Å². The quantitative estimate of drug-likeness (QED) is 0.790. The van der Waals surface area contributed by atoms with Gasteiger partial charge in [-0.3, -0.25) is 9.69 Å². The van der Waals surface area contributed by atoms with E-state index in [0.29, 0.717) is 18.0 Å². The summed E-state index contributed by atoms with van der Waals surface area (Å²) in [5, 5.41) is 3.41. The number of nitrogens with one attached hydrogen (secondary N) is 1. The fourth-order valence-corrected chi connectivity index (χ4v) is 2.77. The standard InChI is InChI=1S/C12H23N3O.ClH/c1-10-6-15(7-11(16)14(10)3)9-12(2)4-5-13-8-12;/h10,13H,4-9H2,1-3H3;1H. The van der Waals surface area contributed by atoms with Crippen molar-refractivity contribution in [3.63, 3.8) is 0 Å². The summed E-state index contributed by atoms with van der Waals surface area (Å²) in [6, 6.07) is 0.346. The highest BCUT2D eigenvalue weighted by Gasteiger charge is 2.34. The molecule has 0 spiro atoms. The first kappa shape index (κ1) is 14.7. The van der Waals surface area contributed by atoms with Gasteiger partial charge in [-0.05, 0) is 25.3 Å². The molecule has 1 amide bonds. The molecule has 0 aliphatic carbocycles. The molecule has 2 aliphatic heterocycles. The Bertz CT molecular complexity index is 279. The summed E-state index contributed by atoms with van der Waals surface area (Å²) in [5.74, 6) is 0.258. The van der Waals surface area contributed by atoms with Gasteiger partial charge in [-0.25, -0.2) is 0 Å². The monoisotopic (exact) mass is 261 g/mol. The molecule has 2 aliphatic rings. The minimum Gasteiger partial charge on any atom is -0.341 e. The van der Waals surface area contributed by atoms with Crippen molar-refractivity contribution in [3.05, 3.63) is 0 Å². The highest BCUT2D eigenvalue weighted by Crippen LogP contribution is 2.26. The molecule has 2 rings (SSSR count). The lowest BCUT2D eigenvalue weighted by atomic mass is 9.89. The van der Waals surface area contributed by atoms with E-state index >= 15 is 0 Å². The van der Waals surface area contributed by atoms with E-state index < -0.39 is 0 Å². The van der Waals surface area contributed by atoms with Gasteiger partial charge in [0.05, 0.1) is 6.54 Å². The number of likely N-dealkylation sites (N-methyl/N-ethyl adjacent to an activating group) is 1. The number of hydrogen-bond donors (Lipinski definition) is 1. The van der Waals surface area contributed by atoms with Crippen molar-refractivity contribution in [1.29, 1.82) is 0 Å². The number of amides is 1. The number of piperazine rings is 1. The molecule has 17 heavy (non-hydrogen) atoms. The molecule has 2 unspecified atom stereocenters. The molecule has 0 aromatic rings. The Morgan fingerprint density at radius 1 is 1.53 bits per heavy atom. The van der Waals surface area contributed by atoms with Gasteiger partial charge in [-0.1, -0.05) is 6.92 Å². The first-order chi connectivity index (χ1) is 7.50. The van der Waals surface area contributed by atoms with E-state index in [2.05, 4.69) is 24.1 Å². The molecule has 2 saturated heterocycles. The maximum Gasteiger partial charge on any atom is 0.236 e. The molecule has 100 valence electrons. The number of carbonyl (C=O) groups is 1. The van der Waals surface area contributed by atoms with Gasteiger partial charge in [-0.2, -0.15) is 0 Å². The maximum absolute atomic E-state index is 11.8. The van der Waals surface area contributed by atoms with E-state index in [1.165, 1.54) is 6.42 Å². The zero-order valence-electron chi connectivity index (χ0n) is 11.0. The van der Waals surface area contributed by atoms with Crippen LogP contribution >= 0.6 is 12.4 Å². The summed E-state index contributed by atoms with van der Waals surface area (Å²) in [4.78, 5) is 15.9. The molecule has 0 saturated carbocycles. The lowest BCUT2D eigenvalue weighted by Crippen LogP contribution is -2.55. The molecule has 0 aromatic heterocycles. The van der Waals surface area contributed by atoms with Gasteiger partial charge in [0.2, 0.25) is 5.91 Å². The third-order valence-electron chi connectivity index (χ3n) is 4.00. The van der Waals surface area contributed by atoms with Crippen LogP contribution in [0.1, 0.15) is 20.3 Å². The van der Waals surface area contributed by atoms with Crippen molar-refractivity contribution in [1.82, 2.24) is 15.1 Å². The van der Waals surface area contributed by atoms with Crippen LogP contribution in [0.5, 0.6) is 0 Å². The fourth-order valence-electron chi connectivity index (χ4n) is 2.77. The molecular weight excluding hydrogens is 238 g/mol. The highest BCUT2D eigenvalue weighted by molar-refractivity contribution is 5.85. The Morgan fingerprint density at radius 2 is 2.24 bits per heavy atom. The van der Waals surface area contributed by atoms with Gasteiger partial charge in [0, 0.05) is 32.7 Å². The number of hydrogen-bond acceptors (Lipinski definition) is 3. The molecule has 1 N–H and O–H groups in total. The molecule has 2 atom stereocenters. The van der Waals surface area contributed by atoms with E-state index in [-0.39, 0.29) is 18.3 Å². The van der Waals surface area contributed by atoms with Crippen LogP contribution < -0.4 is 5.32 Å². The van der Waals surface area contributed by atoms with Crippen LogP contribution in [0.2, 0.25) is 0 Å². The summed E-state index contributed by atoms with van der Waals surface area (Å²) in [6.45, 7) is 9.30. The number of nitrogens with zero attached hydrogens (tertiary/aromatic N) is 2. The highest BCUT2D eigenvalue weighted by atomic mass is 35.5. The number of halogens is 1. The van der Waals surface area contributed by atoms with Gasteiger partial charge in [0.1, 0.15) is 0 Å². The minimum atomic E-state index is 0. The minimum absolute atomic E-state index is 0. The Balaban J connectivity index is 0.00000144. The van der Waals surface area contributed by atoms with Crippen molar-refractivity contribution in [2.24, 2.45) is 5.41 Å². The summed E-state index contributed by atoms with van der Waals surface area (Å²) < 4.78 is 0. The third kappa shape index (κ3) is 3.33. The molecule has 0 bridgehead atoms. The Kier molecular flexibility index (Phi) is 4.81. The molecule has 4 nitrogen and oxygen atoms in total. The molecule has 2 fully saturated rings. The van der Waals surface area contributed by atoms with Crippen molar-refractivity contribution in [2.45, 2.75) is 26.3 Å². The predicted molar refractivity (Wildman–Crippen MR) is 71.5 cm³/mol. The number of carbonyl (C=O) groups excluding carboxylic acids is 1. The van der Waals surface area contributed by atoms with Gasteiger partial charge >= 0.3 is 0 Å². The van der Waals surface area contributed by atoms with Crippen molar-refractivity contribution >= 4 is 18.3 Å². The molecular formula is C12H24ClN3O. The Morgan fingerprint density at radius 3 is 2.76 bits per heavy atom. The summed E-state index contributed by atoms with van der Waals surface area (Å²) >= 11 is 0. The fraction of sp³-hybridized carbons (Fsp3) is 0.917. The van der Waals surface area contributed by atoms with Gasteiger partial charge in [-0.15, -0.1) is 12.4 Å². The predicted octanol–water partition coefficient (Wildman–Crippen LogP) is 0.570. The second-order valence-electron chi connectivity index (χ2n) is 5.76. The largest absolute Gasteiger partial charge is 0.341 e. The van der Waals surface area contributed by atoms with Crippen LogP contribution in [0.15, 0.2) is 0 Å². The van der Waals surface area contributed by atoms with E-state index in [4.69, 9.17) is 0 Å². The first-order valence-corrected chi connectivity index (χ1v) is 6.19.